The highest BCUT2D eigenvalue weighted by Crippen LogP contribution is 2.34. The number of nitrogens with one attached hydrogen (secondary N) is 1. The molecular weight excluding hydrogens is 855 g/mol. The summed E-state index contributed by atoms with van der Waals surface area (Å²) in [5, 5.41) is 21.9. The van der Waals surface area contributed by atoms with Crippen LogP contribution in [0, 0.1) is 0 Å². The third-order valence-electron chi connectivity index (χ3n) is 9.35. The van der Waals surface area contributed by atoms with E-state index in [9.17, 15) is 19.8 Å². The third-order valence-corrected chi connectivity index (χ3v) is 10.3. The van der Waals surface area contributed by atoms with E-state index in [-0.39, 0.29) is 43.1 Å². The van der Waals surface area contributed by atoms with Gasteiger partial charge in [-0.3, -0.25) is 23.7 Å². The molecule has 2 fully saturated rings. The Hall–Kier alpha value is -2.59. The molecule has 3 N–H and O–H groups in total. The molecule has 4 heterocycles. The van der Waals surface area contributed by atoms with Crippen LogP contribution in [0.4, 0.5) is 0 Å². The van der Waals surface area contributed by atoms with Crippen molar-refractivity contribution in [3.8, 4) is 0 Å². The van der Waals surface area contributed by atoms with Gasteiger partial charge in [-0.1, -0.05) is 61.9 Å². The minimum Gasteiger partial charge on any atom is -0.393 e. The van der Waals surface area contributed by atoms with Crippen molar-refractivity contribution in [3.05, 3.63) is 78.7 Å². The summed E-state index contributed by atoms with van der Waals surface area (Å²) in [7, 11) is 1.78. The highest BCUT2D eigenvalue weighted by Gasteiger charge is 2.27. The minimum absolute atomic E-state index is 0. The number of rotatable bonds is 2. The van der Waals surface area contributed by atoms with E-state index < -0.39 is 0 Å². The predicted molar refractivity (Wildman–Crippen MR) is 209 cm³/mol. The van der Waals surface area contributed by atoms with Gasteiger partial charge in [-0.15, -0.1) is 0 Å². The molecule has 256 valence electrons. The molecule has 48 heavy (non-hydrogen) atoms. The number of fused-ring (bicyclic) bond motifs is 6. The van der Waals surface area contributed by atoms with Crippen molar-refractivity contribution in [1.82, 2.24) is 28.7 Å². The van der Waals surface area contributed by atoms with Crippen LogP contribution in [0.1, 0.15) is 70.9 Å². The lowest BCUT2D eigenvalue weighted by molar-refractivity contribution is 0.104. The van der Waals surface area contributed by atoms with Crippen LogP contribution in [0.15, 0.2) is 67.3 Å². The molecule has 4 aromatic heterocycles. The summed E-state index contributed by atoms with van der Waals surface area (Å²) in [5.74, 6) is 0. The van der Waals surface area contributed by atoms with Crippen molar-refractivity contribution in [2.45, 2.75) is 83.1 Å². The summed E-state index contributed by atoms with van der Waals surface area (Å²) >= 11 is 9.15. The number of hydrogen-bond acceptors (Lipinski definition) is 6. The first-order chi connectivity index (χ1) is 22.7. The van der Waals surface area contributed by atoms with E-state index >= 15 is 0 Å². The highest BCUT2D eigenvalue weighted by molar-refractivity contribution is 14.1. The van der Waals surface area contributed by atoms with E-state index in [0.717, 1.165) is 91.3 Å². The fourth-order valence-electron chi connectivity index (χ4n) is 7.21. The number of aromatic nitrogens is 6. The summed E-state index contributed by atoms with van der Waals surface area (Å²) in [6.45, 7) is 0. The topological polar surface area (TPSA) is 131 Å². The molecule has 6 aromatic rings. The number of aryl methyl sites for hydroxylation is 1. The van der Waals surface area contributed by atoms with Gasteiger partial charge in [-0.2, -0.15) is 0 Å². The molecule has 2 aliphatic rings. The van der Waals surface area contributed by atoms with E-state index in [1.165, 1.54) is 0 Å². The first-order valence-electron chi connectivity index (χ1n) is 15.8. The molecule has 0 spiro atoms. The second kappa shape index (κ2) is 15.5. The molecule has 10 nitrogen and oxygen atoms in total. The summed E-state index contributed by atoms with van der Waals surface area (Å²) < 4.78 is 7.26. The maximum atomic E-state index is 12.8. The van der Waals surface area contributed by atoms with Crippen LogP contribution in [0.25, 0.3) is 43.9 Å². The number of imidazole rings is 2. The summed E-state index contributed by atoms with van der Waals surface area (Å²) in [5.41, 5.74) is 4.96. The molecule has 0 aliphatic heterocycles. The lowest BCUT2D eigenvalue weighted by Gasteiger charge is -2.27. The van der Waals surface area contributed by atoms with Crippen LogP contribution < -0.4 is 11.4 Å². The van der Waals surface area contributed by atoms with Gasteiger partial charge in [0.05, 0.1) is 57.7 Å². The number of aromatic amines is 1. The second-order valence-electron chi connectivity index (χ2n) is 12.3. The van der Waals surface area contributed by atoms with Gasteiger partial charge in [0.1, 0.15) is 0 Å². The Balaban J connectivity index is 0.000000175. The number of pyridine rings is 2. The normalized spacial score (nSPS) is 21.0. The van der Waals surface area contributed by atoms with Gasteiger partial charge in [0, 0.05) is 38.8 Å². The van der Waals surface area contributed by atoms with Crippen LogP contribution in [-0.2, 0) is 7.05 Å². The molecule has 0 radical (unpaired) electrons. The van der Waals surface area contributed by atoms with Crippen LogP contribution in [0.3, 0.4) is 0 Å². The smallest absolute Gasteiger partial charge is 0.329 e. The monoisotopic (exact) mass is 894 g/mol. The van der Waals surface area contributed by atoms with E-state index in [1.54, 1.807) is 24.0 Å². The number of nitrogens with zero attached hydrogens (tertiary/aromatic N) is 5. The number of halogens is 3. The van der Waals surface area contributed by atoms with Gasteiger partial charge < -0.3 is 15.2 Å². The lowest BCUT2D eigenvalue weighted by Crippen LogP contribution is -2.30. The standard InChI is InChI=1S/C17H18BrN3O2.C16H16BrN3O2.CH3I.CH4/c1-20-15-9-19-14-6-5-10(18)7-13(14)16(15)21(17(20)23)11-3-2-4-12(22)8-11;17-9-4-5-13-12(6-9)15-14(8-18-13)19-16(22)20(15)10-2-1-3-11(21)7-10;1-2;/h5-7,9,11-12,22H,2-4,8H2,1H3;4-6,8,10-11,21H,1-3,7H2,(H,19,22);1H3;1H4. The van der Waals surface area contributed by atoms with Crippen LogP contribution in [-0.4, -0.2) is 56.0 Å². The summed E-state index contributed by atoms with van der Waals surface area (Å²) in [4.78, 5) is 39.0. The number of alkyl halides is 1. The Bertz CT molecular complexity index is 2190. The molecule has 0 saturated heterocycles. The maximum absolute atomic E-state index is 12.8. The molecule has 2 aromatic carbocycles. The second-order valence-corrected chi connectivity index (χ2v) is 14.1. The Morgan fingerprint density at radius 3 is 1.88 bits per heavy atom. The summed E-state index contributed by atoms with van der Waals surface area (Å²) in [6.07, 6.45) is 9.47. The van der Waals surface area contributed by atoms with Crippen molar-refractivity contribution in [1.29, 1.82) is 0 Å². The Morgan fingerprint density at radius 2 is 1.31 bits per heavy atom. The first-order valence-corrected chi connectivity index (χ1v) is 19.5. The molecule has 2 aliphatic carbocycles. The van der Waals surface area contributed by atoms with E-state index in [4.69, 9.17) is 0 Å². The Labute approximate surface area is 309 Å². The molecular formula is C35H41Br2IN6O4. The molecule has 8 rings (SSSR count). The zero-order valence-electron chi connectivity index (χ0n) is 26.2. The van der Waals surface area contributed by atoms with Crippen LogP contribution in [0.2, 0.25) is 0 Å². The molecule has 13 heteroatoms. The van der Waals surface area contributed by atoms with Gasteiger partial charge in [0.2, 0.25) is 0 Å². The average molecular weight is 896 g/mol. The lowest BCUT2D eigenvalue weighted by atomic mass is 9.92. The van der Waals surface area contributed by atoms with Crippen LogP contribution in [0.5, 0.6) is 0 Å². The molecule has 2 saturated carbocycles. The van der Waals surface area contributed by atoms with Gasteiger partial charge in [0.25, 0.3) is 0 Å². The summed E-state index contributed by atoms with van der Waals surface area (Å²) in [6, 6.07) is 11.9. The van der Waals surface area contributed by atoms with E-state index in [2.05, 4.69) is 69.4 Å². The van der Waals surface area contributed by atoms with Crippen molar-refractivity contribution in [2.75, 3.05) is 4.93 Å². The van der Waals surface area contributed by atoms with Crippen molar-refractivity contribution < 1.29 is 10.2 Å². The molecule has 4 atom stereocenters. The van der Waals surface area contributed by atoms with Gasteiger partial charge in [-0.05, 0) is 92.7 Å². The van der Waals surface area contributed by atoms with Gasteiger partial charge in [-0.25, -0.2) is 9.59 Å². The predicted octanol–water partition coefficient (Wildman–Crippen LogP) is 7.93. The minimum atomic E-state index is -0.324. The van der Waals surface area contributed by atoms with Crippen molar-refractivity contribution in [2.24, 2.45) is 7.05 Å². The molecule has 0 bridgehead atoms. The zero-order chi connectivity index (χ0) is 33.4. The maximum Gasteiger partial charge on any atom is 0.329 e. The number of hydrogen-bond donors (Lipinski definition) is 3. The quantitative estimate of drug-likeness (QED) is 0.120. The molecule has 4 unspecified atom stereocenters. The van der Waals surface area contributed by atoms with Crippen LogP contribution >= 0.6 is 54.5 Å². The number of benzene rings is 2. The Kier molecular flexibility index (Phi) is 11.9. The van der Waals surface area contributed by atoms with Crippen molar-refractivity contribution in [3.63, 3.8) is 0 Å². The number of aliphatic hydroxyl groups excluding tert-OH is 2. The third kappa shape index (κ3) is 7.03. The average Bonchev–Trinajstić information content (AvgIpc) is 3.55. The molecule has 0 amide bonds. The Morgan fingerprint density at radius 1 is 0.792 bits per heavy atom. The van der Waals surface area contributed by atoms with E-state index in [0.29, 0.717) is 12.8 Å². The number of aliphatic hydroxyl groups is 2. The first kappa shape index (κ1) is 36.7. The fourth-order valence-corrected chi connectivity index (χ4v) is 7.93. The van der Waals surface area contributed by atoms with Gasteiger partial charge >= 0.3 is 11.4 Å². The van der Waals surface area contributed by atoms with E-state index in [1.807, 2.05) is 50.5 Å². The highest BCUT2D eigenvalue weighted by atomic mass is 127. The van der Waals surface area contributed by atoms with Gasteiger partial charge in [0.15, 0.2) is 0 Å². The zero-order valence-corrected chi connectivity index (χ0v) is 31.5. The number of H-pyrrole nitrogens is 1. The largest absolute Gasteiger partial charge is 0.393 e. The van der Waals surface area contributed by atoms with Crippen molar-refractivity contribution >= 4 is 98.3 Å². The fraction of sp³-hybridized carbons (Fsp3) is 0.429. The SMILES string of the molecule is C.CI.Cn1c(=O)n(C2CCCC(O)C2)c2c3cc(Br)ccc3ncc21.O=c1[nH]c2cnc3ccc(Br)cc3c2n1C1CCCC(O)C1.